The van der Waals surface area contributed by atoms with Gasteiger partial charge in [-0.1, -0.05) is 39.5 Å². The van der Waals surface area contributed by atoms with Crippen LogP contribution in [0, 0.1) is 23.7 Å². The smallest absolute Gasteiger partial charge is 0.0575 e. The maximum absolute atomic E-state index is 9.03. The lowest BCUT2D eigenvalue weighted by Crippen LogP contribution is -2.26. The van der Waals surface area contributed by atoms with Crippen molar-refractivity contribution in [3.05, 3.63) is 0 Å². The van der Waals surface area contributed by atoms with Crippen molar-refractivity contribution in [1.29, 1.82) is 0 Å². The quantitative estimate of drug-likeness (QED) is 0.782. The van der Waals surface area contributed by atoms with Crippen molar-refractivity contribution >= 4 is 0 Å². The van der Waals surface area contributed by atoms with E-state index in [-0.39, 0.29) is 12.5 Å². The van der Waals surface area contributed by atoms with Gasteiger partial charge >= 0.3 is 0 Å². The van der Waals surface area contributed by atoms with Crippen molar-refractivity contribution in [2.45, 2.75) is 77.7 Å². The molecule has 0 heterocycles. The zero-order chi connectivity index (χ0) is 14.4. The summed E-state index contributed by atoms with van der Waals surface area (Å²) in [4.78, 5) is 0. The second-order valence-electron chi connectivity index (χ2n) is 7.63. The summed E-state index contributed by atoms with van der Waals surface area (Å²) in [5, 5.41) is 9.03. The summed E-state index contributed by atoms with van der Waals surface area (Å²) in [6.07, 6.45) is 13.0. The molecule has 2 aliphatic carbocycles. The van der Waals surface area contributed by atoms with Crippen LogP contribution in [0.25, 0.3) is 0 Å². The van der Waals surface area contributed by atoms with Gasteiger partial charge in [0.05, 0.1) is 12.7 Å². The Morgan fingerprint density at radius 2 is 1.50 bits per heavy atom. The second-order valence-corrected chi connectivity index (χ2v) is 7.63. The first-order chi connectivity index (χ1) is 9.67. The van der Waals surface area contributed by atoms with Crippen molar-refractivity contribution in [3.63, 3.8) is 0 Å². The summed E-state index contributed by atoms with van der Waals surface area (Å²) in [6, 6.07) is 0. The zero-order valence-electron chi connectivity index (χ0n) is 13.5. The number of hydrogen-bond donors (Lipinski definition) is 1. The third-order valence-corrected chi connectivity index (χ3v) is 5.52. The van der Waals surface area contributed by atoms with Crippen LogP contribution >= 0.6 is 0 Å². The fourth-order valence-corrected chi connectivity index (χ4v) is 3.92. The lowest BCUT2D eigenvalue weighted by Gasteiger charge is -2.33. The fraction of sp³-hybridized carbons (Fsp3) is 1.00. The minimum Gasteiger partial charge on any atom is -0.396 e. The topological polar surface area (TPSA) is 29.5 Å². The largest absolute Gasteiger partial charge is 0.396 e. The van der Waals surface area contributed by atoms with Crippen LogP contribution in [0.4, 0.5) is 0 Å². The van der Waals surface area contributed by atoms with Crippen LogP contribution in [0.2, 0.25) is 0 Å². The third kappa shape index (κ3) is 5.37. The zero-order valence-corrected chi connectivity index (χ0v) is 13.5. The molecule has 0 saturated heterocycles. The predicted octanol–water partition coefficient (Wildman–Crippen LogP) is 4.41. The van der Waals surface area contributed by atoms with Crippen LogP contribution < -0.4 is 0 Å². The Balaban J connectivity index is 1.59. The van der Waals surface area contributed by atoms with Crippen LogP contribution in [0.5, 0.6) is 0 Å². The second kappa shape index (κ2) is 8.38. The molecule has 2 heteroatoms. The summed E-state index contributed by atoms with van der Waals surface area (Å²) in [5.74, 6) is 3.24. The van der Waals surface area contributed by atoms with Gasteiger partial charge in [-0.25, -0.2) is 0 Å². The highest BCUT2D eigenvalue weighted by Gasteiger charge is 2.26. The molecule has 1 atom stereocenters. The van der Waals surface area contributed by atoms with Crippen LogP contribution in [0.1, 0.15) is 71.6 Å². The van der Waals surface area contributed by atoms with Crippen LogP contribution in [0.15, 0.2) is 0 Å². The van der Waals surface area contributed by atoms with Gasteiger partial charge in [-0.15, -0.1) is 0 Å². The van der Waals surface area contributed by atoms with Gasteiger partial charge in [0.2, 0.25) is 0 Å². The first kappa shape index (κ1) is 16.3. The first-order valence-corrected chi connectivity index (χ1v) is 8.89. The van der Waals surface area contributed by atoms with Gasteiger partial charge in [0.25, 0.3) is 0 Å². The molecule has 2 rings (SSSR count). The molecule has 2 saturated carbocycles. The van der Waals surface area contributed by atoms with E-state index >= 15 is 0 Å². The number of aliphatic hydroxyl groups excluding tert-OH is 1. The van der Waals surface area contributed by atoms with Gasteiger partial charge < -0.3 is 9.84 Å². The van der Waals surface area contributed by atoms with E-state index in [1.54, 1.807) is 0 Å². The van der Waals surface area contributed by atoms with E-state index in [2.05, 4.69) is 13.8 Å². The summed E-state index contributed by atoms with van der Waals surface area (Å²) in [7, 11) is 0. The van der Waals surface area contributed by atoms with Crippen LogP contribution in [0.3, 0.4) is 0 Å². The highest BCUT2D eigenvalue weighted by Crippen LogP contribution is 2.37. The lowest BCUT2D eigenvalue weighted by molar-refractivity contribution is -0.00926. The Morgan fingerprint density at radius 1 is 0.950 bits per heavy atom. The van der Waals surface area contributed by atoms with E-state index in [0.29, 0.717) is 6.10 Å². The van der Waals surface area contributed by atoms with E-state index in [1.807, 2.05) is 0 Å². The van der Waals surface area contributed by atoms with Crippen molar-refractivity contribution in [1.82, 2.24) is 0 Å². The molecule has 0 aromatic heterocycles. The Morgan fingerprint density at radius 3 is 2.05 bits per heavy atom. The van der Waals surface area contributed by atoms with Gasteiger partial charge in [-0.05, 0) is 49.9 Å². The molecule has 0 aliphatic heterocycles. The Labute approximate surface area is 125 Å². The van der Waals surface area contributed by atoms with Crippen molar-refractivity contribution < 1.29 is 9.84 Å². The Hall–Kier alpha value is -0.0800. The Kier molecular flexibility index (Phi) is 6.83. The first-order valence-electron chi connectivity index (χ1n) is 8.89. The van der Waals surface area contributed by atoms with Crippen LogP contribution in [-0.2, 0) is 4.74 Å². The van der Waals surface area contributed by atoms with E-state index in [1.165, 1.54) is 57.8 Å². The normalized spacial score (nSPS) is 36.8. The molecule has 2 nitrogen and oxygen atoms in total. The maximum atomic E-state index is 9.03. The molecule has 0 spiro atoms. The van der Waals surface area contributed by atoms with Crippen LogP contribution in [-0.4, -0.2) is 24.4 Å². The van der Waals surface area contributed by atoms with Gasteiger partial charge in [-0.3, -0.25) is 0 Å². The molecule has 2 aliphatic rings. The van der Waals surface area contributed by atoms with Gasteiger partial charge in [0.1, 0.15) is 0 Å². The summed E-state index contributed by atoms with van der Waals surface area (Å²) in [5.41, 5.74) is 0. The average Bonchev–Trinajstić information content (AvgIpc) is 2.48. The molecule has 1 N–H and O–H groups in total. The van der Waals surface area contributed by atoms with Gasteiger partial charge in [-0.2, -0.15) is 0 Å². The highest BCUT2D eigenvalue weighted by molar-refractivity contribution is 4.78. The number of hydrogen-bond acceptors (Lipinski definition) is 2. The molecule has 2 fully saturated rings. The SMILES string of the molecule is CC1CCC(CC2CCC(OCC(C)CO)CC2)CC1. The van der Waals surface area contributed by atoms with E-state index in [0.717, 1.165) is 24.4 Å². The summed E-state index contributed by atoms with van der Waals surface area (Å²) < 4.78 is 5.93. The van der Waals surface area contributed by atoms with Crippen molar-refractivity contribution in [2.24, 2.45) is 23.7 Å². The van der Waals surface area contributed by atoms with E-state index in [4.69, 9.17) is 9.84 Å². The molecule has 0 amide bonds. The fourth-order valence-electron chi connectivity index (χ4n) is 3.92. The van der Waals surface area contributed by atoms with E-state index in [9.17, 15) is 0 Å². The standard InChI is InChI=1S/C18H34O2/c1-14-3-5-16(6-4-14)11-17-7-9-18(10-8-17)20-13-15(2)12-19/h14-19H,3-13H2,1-2H3. The predicted molar refractivity (Wildman–Crippen MR) is 83.7 cm³/mol. The lowest BCUT2D eigenvalue weighted by atomic mass is 9.75. The molecule has 1 unspecified atom stereocenters. The molecule has 20 heavy (non-hydrogen) atoms. The number of ether oxygens (including phenoxy) is 1. The molecule has 118 valence electrons. The summed E-state index contributed by atoms with van der Waals surface area (Å²) >= 11 is 0. The molecule has 0 bridgehead atoms. The number of aliphatic hydroxyl groups is 1. The van der Waals surface area contributed by atoms with Gasteiger partial charge in [0, 0.05) is 12.5 Å². The minimum atomic E-state index is 0.245. The summed E-state index contributed by atoms with van der Waals surface area (Å²) in [6.45, 7) is 5.43. The van der Waals surface area contributed by atoms with Crippen molar-refractivity contribution in [2.75, 3.05) is 13.2 Å². The third-order valence-electron chi connectivity index (χ3n) is 5.52. The molecule has 0 aromatic carbocycles. The minimum absolute atomic E-state index is 0.245. The molecule has 0 radical (unpaired) electrons. The maximum Gasteiger partial charge on any atom is 0.0575 e. The number of rotatable bonds is 6. The molecular weight excluding hydrogens is 248 g/mol. The van der Waals surface area contributed by atoms with Crippen molar-refractivity contribution in [3.8, 4) is 0 Å². The Bertz CT molecular complexity index is 250. The highest BCUT2D eigenvalue weighted by atomic mass is 16.5. The average molecular weight is 282 g/mol. The molecule has 0 aromatic rings. The van der Waals surface area contributed by atoms with Gasteiger partial charge in [0.15, 0.2) is 0 Å². The molecular formula is C18H34O2. The monoisotopic (exact) mass is 282 g/mol. The van der Waals surface area contributed by atoms with E-state index < -0.39 is 0 Å².